The third-order valence-corrected chi connectivity index (χ3v) is 5.64. The van der Waals surface area contributed by atoms with Crippen LogP contribution in [0, 0.1) is 6.92 Å². The molecule has 0 amide bonds. The van der Waals surface area contributed by atoms with Crippen LogP contribution in [0.3, 0.4) is 0 Å². The summed E-state index contributed by atoms with van der Waals surface area (Å²) in [6.07, 6.45) is 0.635. The van der Waals surface area contributed by atoms with Crippen LogP contribution in [-0.4, -0.2) is 13.6 Å². The molecule has 2 heterocycles. The molecule has 0 aliphatic rings. The number of aryl methyl sites for hydroxylation is 2. The summed E-state index contributed by atoms with van der Waals surface area (Å²) in [5.74, 6) is 0.601. The Kier molecular flexibility index (Phi) is 4.32. The van der Waals surface area contributed by atoms with Crippen LogP contribution in [0.1, 0.15) is 28.8 Å². The Morgan fingerprint density at radius 2 is 2.11 bits per heavy atom. The molecule has 0 atom stereocenters. The van der Waals surface area contributed by atoms with Crippen LogP contribution in [0.2, 0.25) is 4.34 Å². The predicted octanol–water partition coefficient (Wildman–Crippen LogP) is 3.38. The molecule has 0 radical (unpaired) electrons. The van der Waals surface area contributed by atoms with Crippen LogP contribution in [0.4, 0.5) is 0 Å². The first kappa shape index (κ1) is 14.6. The van der Waals surface area contributed by atoms with Crippen molar-refractivity contribution in [3.05, 3.63) is 38.4 Å². The lowest BCUT2D eigenvalue weighted by atomic mass is 10.2. The van der Waals surface area contributed by atoms with E-state index in [9.17, 15) is 8.42 Å². The minimum atomic E-state index is -3.25. The summed E-state index contributed by atoms with van der Waals surface area (Å²) in [4.78, 5) is 0.747. The van der Waals surface area contributed by atoms with Gasteiger partial charge in [-0.15, -0.1) is 11.3 Å². The molecule has 4 nitrogen and oxygen atoms in total. The molecule has 19 heavy (non-hydrogen) atoms. The molecule has 0 saturated carbocycles. The average Bonchev–Trinajstić information content (AvgIpc) is 2.86. The lowest BCUT2D eigenvalue weighted by Gasteiger charge is -2.03. The molecule has 0 aliphatic carbocycles. The van der Waals surface area contributed by atoms with Crippen molar-refractivity contribution in [2.75, 3.05) is 0 Å². The maximum Gasteiger partial charge on any atom is 0.159 e. The lowest BCUT2D eigenvalue weighted by molar-refractivity contribution is 0.382. The molecule has 0 spiro atoms. The molecule has 7 heteroatoms. The van der Waals surface area contributed by atoms with Crippen molar-refractivity contribution in [1.82, 2.24) is 5.16 Å². The summed E-state index contributed by atoms with van der Waals surface area (Å²) in [6.45, 7) is 3.67. The molecule has 0 saturated heterocycles. The number of sulfone groups is 1. The zero-order valence-corrected chi connectivity index (χ0v) is 13.0. The monoisotopic (exact) mass is 319 g/mol. The highest BCUT2D eigenvalue weighted by atomic mass is 35.5. The fourth-order valence-corrected chi connectivity index (χ4v) is 4.91. The van der Waals surface area contributed by atoms with Crippen LogP contribution in [0.5, 0.6) is 0 Å². The summed E-state index contributed by atoms with van der Waals surface area (Å²) in [6, 6.07) is 3.45. The van der Waals surface area contributed by atoms with Gasteiger partial charge >= 0.3 is 0 Å². The zero-order chi connectivity index (χ0) is 14.0. The number of hydrogen-bond acceptors (Lipinski definition) is 5. The standard InChI is InChI=1S/C12H14ClNO3S2/c1-3-11-10(8(2)14-17-11)7-19(15,16)6-9-4-5-12(13)18-9/h4-5H,3,6-7H2,1-2H3. The van der Waals surface area contributed by atoms with Crippen LogP contribution in [-0.2, 0) is 27.8 Å². The van der Waals surface area contributed by atoms with Crippen LogP contribution in [0.15, 0.2) is 16.7 Å². The molecule has 2 aromatic heterocycles. The fourth-order valence-electron chi connectivity index (χ4n) is 1.82. The smallest absolute Gasteiger partial charge is 0.159 e. The number of hydrogen-bond donors (Lipinski definition) is 0. The van der Waals surface area contributed by atoms with Crippen molar-refractivity contribution in [2.45, 2.75) is 31.8 Å². The summed E-state index contributed by atoms with van der Waals surface area (Å²) in [5, 5.41) is 3.82. The van der Waals surface area contributed by atoms with E-state index in [1.165, 1.54) is 11.3 Å². The quantitative estimate of drug-likeness (QED) is 0.847. The van der Waals surface area contributed by atoms with Gasteiger partial charge in [-0.3, -0.25) is 0 Å². The van der Waals surface area contributed by atoms with E-state index < -0.39 is 9.84 Å². The van der Waals surface area contributed by atoms with E-state index in [0.29, 0.717) is 27.8 Å². The second kappa shape index (κ2) is 5.64. The molecular formula is C12H14ClNO3S2. The number of thiophene rings is 1. The fraction of sp³-hybridized carbons (Fsp3) is 0.417. The molecule has 0 unspecified atom stereocenters. The summed E-state index contributed by atoms with van der Waals surface area (Å²) in [5.41, 5.74) is 1.33. The Bertz CT molecular complexity index is 673. The van der Waals surface area contributed by atoms with Gasteiger partial charge in [0.2, 0.25) is 0 Å². The summed E-state index contributed by atoms with van der Waals surface area (Å²) < 4.78 is 30.1. The minimum Gasteiger partial charge on any atom is -0.361 e. The van der Waals surface area contributed by atoms with Gasteiger partial charge in [-0.05, 0) is 19.1 Å². The van der Waals surface area contributed by atoms with Gasteiger partial charge in [0.25, 0.3) is 0 Å². The number of nitrogens with zero attached hydrogens (tertiary/aromatic N) is 1. The average molecular weight is 320 g/mol. The second-order valence-corrected chi connectivity index (χ2v) is 8.13. The minimum absolute atomic E-state index is 0.00182. The first-order valence-corrected chi connectivity index (χ1v) is 8.81. The first-order chi connectivity index (χ1) is 8.91. The van der Waals surface area contributed by atoms with Crippen molar-refractivity contribution in [3.8, 4) is 0 Å². The molecule has 104 valence electrons. The molecular weight excluding hydrogens is 306 g/mol. The van der Waals surface area contributed by atoms with E-state index in [1.807, 2.05) is 6.92 Å². The maximum absolute atomic E-state index is 12.2. The van der Waals surface area contributed by atoms with Crippen LogP contribution < -0.4 is 0 Å². The second-order valence-electron chi connectivity index (χ2n) is 4.26. The van der Waals surface area contributed by atoms with E-state index in [2.05, 4.69) is 5.16 Å². The van der Waals surface area contributed by atoms with Gasteiger partial charge in [0.05, 0.1) is 21.5 Å². The van der Waals surface area contributed by atoms with E-state index in [4.69, 9.17) is 16.1 Å². The highest BCUT2D eigenvalue weighted by Crippen LogP contribution is 2.25. The molecule has 0 aromatic carbocycles. The topological polar surface area (TPSA) is 60.2 Å². The van der Waals surface area contributed by atoms with Crippen molar-refractivity contribution < 1.29 is 12.9 Å². The van der Waals surface area contributed by atoms with E-state index in [-0.39, 0.29) is 11.5 Å². The molecule has 0 bridgehead atoms. The number of rotatable bonds is 5. The zero-order valence-electron chi connectivity index (χ0n) is 10.6. The first-order valence-electron chi connectivity index (χ1n) is 5.80. The van der Waals surface area contributed by atoms with Crippen molar-refractivity contribution >= 4 is 32.8 Å². The third kappa shape index (κ3) is 3.58. The number of aromatic nitrogens is 1. The van der Waals surface area contributed by atoms with Gasteiger partial charge in [0, 0.05) is 16.9 Å². The van der Waals surface area contributed by atoms with Gasteiger partial charge in [0.1, 0.15) is 5.76 Å². The summed E-state index contributed by atoms with van der Waals surface area (Å²) in [7, 11) is -3.25. The van der Waals surface area contributed by atoms with Crippen LogP contribution in [0.25, 0.3) is 0 Å². The molecule has 2 aromatic rings. The Balaban J connectivity index is 2.19. The van der Waals surface area contributed by atoms with Crippen LogP contribution >= 0.6 is 22.9 Å². The van der Waals surface area contributed by atoms with Gasteiger partial charge in [-0.25, -0.2) is 8.42 Å². The summed E-state index contributed by atoms with van der Waals surface area (Å²) >= 11 is 7.09. The van der Waals surface area contributed by atoms with Crippen molar-refractivity contribution in [3.63, 3.8) is 0 Å². The van der Waals surface area contributed by atoms with Crippen molar-refractivity contribution in [2.24, 2.45) is 0 Å². The molecule has 0 N–H and O–H groups in total. The van der Waals surface area contributed by atoms with E-state index in [0.717, 1.165) is 4.88 Å². The largest absolute Gasteiger partial charge is 0.361 e. The lowest BCUT2D eigenvalue weighted by Crippen LogP contribution is -2.08. The van der Waals surface area contributed by atoms with Gasteiger partial charge in [-0.1, -0.05) is 23.7 Å². The third-order valence-electron chi connectivity index (χ3n) is 2.74. The SMILES string of the molecule is CCc1onc(C)c1CS(=O)(=O)Cc1ccc(Cl)s1. The molecule has 0 aliphatic heterocycles. The highest BCUT2D eigenvalue weighted by molar-refractivity contribution is 7.90. The Morgan fingerprint density at radius 3 is 2.68 bits per heavy atom. The normalized spacial score (nSPS) is 11.9. The highest BCUT2D eigenvalue weighted by Gasteiger charge is 2.20. The Labute approximate surface area is 121 Å². The predicted molar refractivity (Wildman–Crippen MR) is 76.3 cm³/mol. The van der Waals surface area contributed by atoms with E-state index in [1.54, 1.807) is 19.1 Å². The maximum atomic E-state index is 12.2. The van der Waals surface area contributed by atoms with E-state index >= 15 is 0 Å². The molecule has 2 rings (SSSR count). The van der Waals surface area contributed by atoms with Gasteiger partial charge in [0.15, 0.2) is 9.84 Å². The molecule has 0 fully saturated rings. The van der Waals surface area contributed by atoms with Crippen molar-refractivity contribution in [1.29, 1.82) is 0 Å². The Hall–Kier alpha value is -0.850. The van der Waals surface area contributed by atoms with Gasteiger partial charge in [-0.2, -0.15) is 0 Å². The Morgan fingerprint density at radius 1 is 1.37 bits per heavy atom. The number of halogens is 1. The van der Waals surface area contributed by atoms with Gasteiger partial charge < -0.3 is 4.52 Å².